The van der Waals surface area contributed by atoms with Crippen molar-refractivity contribution in [1.29, 1.82) is 0 Å². The quantitative estimate of drug-likeness (QED) is 0.0169. The zero-order valence-electron chi connectivity index (χ0n) is 63.7. The van der Waals surface area contributed by atoms with Gasteiger partial charge in [-0.2, -0.15) is 0 Å². The minimum atomic E-state index is -4.97. The lowest BCUT2D eigenvalue weighted by molar-refractivity contribution is -0.161. The molecular weight excluding hydrogens is 1280 g/mol. The van der Waals surface area contributed by atoms with E-state index in [2.05, 4.69) is 72.8 Å². The summed E-state index contributed by atoms with van der Waals surface area (Å²) in [7, 11) is -9.93. The summed E-state index contributed by atoms with van der Waals surface area (Å²) in [6, 6.07) is 0. The summed E-state index contributed by atoms with van der Waals surface area (Å²) in [5.74, 6) is 0.208. The highest BCUT2D eigenvalue weighted by Crippen LogP contribution is 2.45. The second-order valence-corrected chi connectivity index (χ2v) is 31.6. The van der Waals surface area contributed by atoms with Gasteiger partial charge in [-0.25, -0.2) is 9.13 Å². The summed E-state index contributed by atoms with van der Waals surface area (Å²) in [6.07, 6.45) is 59.0. The number of unbranched alkanes of at least 4 members (excludes halogenated alkanes) is 38. The molecule has 0 saturated carbocycles. The van der Waals surface area contributed by atoms with E-state index in [1.165, 1.54) is 173 Å². The summed E-state index contributed by atoms with van der Waals surface area (Å²) < 4.78 is 68.6. The molecule has 0 aliphatic heterocycles. The van der Waals surface area contributed by atoms with Crippen LogP contribution in [0.5, 0.6) is 0 Å². The van der Waals surface area contributed by atoms with Crippen LogP contribution in [-0.4, -0.2) is 96.7 Å². The summed E-state index contributed by atoms with van der Waals surface area (Å²) in [6.45, 7) is 11.9. The molecule has 0 radical (unpaired) electrons. The second kappa shape index (κ2) is 68.9. The summed E-state index contributed by atoms with van der Waals surface area (Å²) in [5, 5.41) is 10.6. The van der Waals surface area contributed by atoms with Crippen LogP contribution >= 0.6 is 15.6 Å². The molecule has 0 fully saturated rings. The van der Waals surface area contributed by atoms with E-state index in [-0.39, 0.29) is 25.7 Å². The van der Waals surface area contributed by atoms with Gasteiger partial charge in [0.15, 0.2) is 12.2 Å². The third-order valence-corrected chi connectivity index (χ3v) is 20.4. The summed E-state index contributed by atoms with van der Waals surface area (Å²) in [5.41, 5.74) is 0. The van der Waals surface area contributed by atoms with Crippen LogP contribution in [0.25, 0.3) is 0 Å². The van der Waals surface area contributed by atoms with E-state index in [4.69, 9.17) is 37.0 Å². The van der Waals surface area contributed by atoms with Gasteiger partial charge in [0.25, 0.3) is 0 Å². The first-order valence-electron chi connectivity index (χ1n) is 40.2. The van der Waals surface area contributed by atoms with Gasteiger partial charge in [-0.1, -0.05) is 330 Å². The third-order valence-electron chi connectivity index (χ3n) is 18.5. The Labute approximate surface area is 599 Å². The van der Waals surface area contributed by atoms with E-state index in [1.807, 2.05) is 0 Å². The Morgan fingerprint density at radius 2 is 0.602 bits per heavy atom. The molecule has 3 N–H and O–H groups in total. The maximum Gasteiger partial charge on any atom is 0.472 e. The lowest BCUT2D eigenvalue weighted by Gasteiger charge is -2.21. The Morgan fingerprint density at radius 1 is 0.337 bits per heavy atom. The number of aliphatic hydroxyl groups is 1. The van der Waals surface area contributed by atoms with Crippen LogP contribution in [0.3, 0.4) is 0 Å². The minimum absolute atomic E-state index is 0.0848. The molecule has 0 aromatic heterocycles. The number of hydrogen-bond acceptors (Lipinski definition) is 15. The van der Waals surface area contributed by atoms with Crippen molar-refractivity contribution in [2.75, 3.05) is 39.6 Å². The van der Waals surface area contributed by atoms with E-state index < -0.39 is 97.5 Å². The van der Waals surface area contributed by atoms with Crippen LogP contribution in [0.1, 0.15) is 382 Å². The van der Waals surface area contributed by atoms with Gasteiger partial charge in [-0.05, 0) is 69.1 Å². The predicted molar refractivity (Wildman–Crippen MR) is 400 cm³/mol. The topological polar surface area (TPSA) is 237 Å². The van der Waals surface area contributed by atoms with Gasteiger partial charge in [0.1, 0.15) is 19.3 Å². The van der Waals surface area contributed by atoms with Gasteiger partial charge in [-0.15, -0.1) is 0 Å². The average molecular weight is 1430 g/mol. The molecule has 19 heteroatoms. The van der Waals surface area contributed by atoms with Crippen LogP contribution in [0.4, 0.5) is 0 Å². The molecule has 0 spiro atoms. The molecule has 0 aromatic rings. The van der Waals surface area contributed by atoms with Gasteiger partial charge >= 0.3 is 39.5 Å². The normalized spacial score (nSPS) is 14.7. The first kappa shape index (κ1) is 95.5. The molecule has 0 bridgehead atoms. The largest absolute Gasteiger partial charge is 0.472 e. The highest BCUT2D eigenvalue weighted by atomic mass is 31.2. The fourth-order valence-electron chi connectivity index (χ4n) is 11.5. The van der Waals surface area contributed by atoms with Crippen molar-refractivity contribution in [3.8, 4) is 0 Å². The van der Waals surface area contributed by atoms with Crippen LogP contribution < -0.4 is 0 Å². The van der Waals surface area contributed by atoms with Gasteiger partial charge in [0.2, 0.25) is 0 Å². The first-order valence-corrected chi connectivity index (χ1v) is 43.2. The third kappa shape index (κ3) is 69.3. The minimum Gasteiger partial charge on any atom is -0.462 e. The van der Waals surface area contributed by atoms with E-state index in [1.54, 1.807) is 0 Å². The summed E-state index contributed by atoms with van der Waals surface area (Å²) in [4.78, 5) is 72.9. The summed E-state index contributed by atoms with van der Waals surface area (Å²) >= 11 is 0. The first-order chi connectivity index (χ1) is 47.3. The van der Waals surface area contributed by atoms with Gasteiger partial charge < -0.3 is 33.8 Å². The average Bonchev–Trinajstić information content (AvgIpc) is 0.989. The number of phosphoric acid groups is 2. The predicted octanol–water partition coefficient (Wildman–Crippen LogP) is 22.9. The molecule has 0 heterocycles. The maximum atomic E-state index is 13.1. The van der Waals surface area contributed by atoms with Crippen LogP contribution in [0, 0.1) is 17.8 Å². The van der Waals surface area contributed by atoms with Gasteiger partial charge in [-0.3, -0.25) is 37.3 Å². The van der Waals surface area contributed by atoms with Crippen molar-refractivity contribution in [1.82, 2.24) is 0 Å². The molecule has 0 amide bonds. The monoisotopic (exact) mass is 1430 g/mol. The van der Waals surface area contributed by atoms with E-state index >= 15 is 0 Å². The Kier molecular flexibility index (Phi) is 67.2. The fourth-order valence-corrected chi connectivity index (χ4v) is 13.1. The maximum absolute atomic E-state index is 13.1. The Morgan fingerprint density at radius 3 is 0.908 bits per heavy atom. The van der Waals surface area contributed by atoms with Crippen LogP contribution in [0.15, 0.2) is 24.3 Å². The van der Waals surface area contributed by atoms with Crippen molar-refractivity contribution in [3.63, 3.8) is 0 Å². The van der Waals surface area contributed by atoms with Crippen molar-refractivity contribution >= 4 is 39.5 Å². The number of esters is 4. The number of carbonyl (C=O) groups excluding carboxylic acids is 4. The molecule has 0 aliphatic carbocycles. The molecule has 0 rings (SSSR count). The molecule has 578 valence electrons. The number of carbonyl (C=O) groups is 4. The van der Waals surface area contributed by atoms with E-state index in [9.17, 15) is 43.2 Å². The van der Waals surface area contributed by atoms with Crippen LogP contribution in [-0.2, 0) is 65.4 Å². The molecule has 0 aliphatic rings. The number of allylic oxidation sites excluding steroid dienone is 4. The molecule has 4 unspecified atom stereocenters. The zero-order valence-corrected chi connectivity index (χ0v) is 65.5. The van der Waals surface area contributed by atoms with Crippen molar-refractivity contribution in [2.45, 2.75) is 401 Å². The van der Waals surface area contributed by atoms with Crippen molar-refractivity contribution < 1.29 is 80.2 Å². The number of ether oxygens (including phenoxy) is 4. The number of aliphatic hydroxyl groups excluding tert-OH is 1. The number of rotatable bonds is 75. The van der Waals surface area contributed by atoms with Crippen molar-refractivity contribution in [3.05, 3.63) is 24.3 Å². The lowest BCUT2D eigenvalue weighted by atomic mass is 9.99. The lowest BCUT2D eigenvalue weighted by Crippen LogP contribution is -2.30. The molecular formula is C79H150O17P2. The highest BCUT2D eigenvalue weighted by Gasteiger charge is 2.30. The Hall–Kier alpha value is -2.46. The van der Waals surface area contributed by atoms with Crippen LogP contribution in [0.2, 0.25) is 0 Å². The fraction of sp³-hybridized carbons (Fsp3) is 0.899. The highest BCUT2D eigenvalue weighted by molar-refractivity contribution is 7.47. The van der Waals surface area contributed by atoms with Gasteiger partial charge in [0.05, 0.1) is 26.4 Å². The number of hydrogen-bond donors (Lipinski definition) is 3. The Bertz CT molecular complexity index is 2000. The Balaban J connectivity index is 5.28. The van der Waals surface area contributed by atoms with E-state index in [0.29, 0.717) is 25.7 Å². The SMILES string of the molecule is CCCCCC/C=C\C=C/CCCCCCCC(=O)O[C@H](COC(=O)CCCCCCCCCCCCCCC(C)C)COP(=O)(O)OC[C@@H](O)COP(=O)(O)OC[C@@H](COC(=O)CCCCCCCCC(C)CC)OC(=O)CCCCCCCCCCCCCCCCC(C)CC. The molecule has 0 aromatic carbocycles. The van der Waals surface area contributed by atoms with E-state index in [0.717, 1.165) is 127 Å². The molecule has 7 atom stereocenters. The zero-order chi connectivity index (χ0) is 72.3. The molecule has 98 heavy (non-hydrogen) atoms. The van der Waals surface area contributed by atoms with Crippen molar-refractivity contribution in [2.24, 2.45) is 17.8 Å². The van der Waals surface area contributed by atoms with Gasteiger partial charge in [0, 0.05) is 25.7 Å². The smallest absolute Gasteiger partial charge is 0.462 e. The molecule has 0 saturated heterocycles. The second-order valence-electron chi connectivity index (χ2n) is 28.7. The molecule has 17 nitrogen and oxygen atoms in total. The standard InChI is InChI=1S/C79H150O17P2/c1-8-11-12-13-14-15-16-17-18-22-29-34-39-48-55-62-78(83)95-74(66-89-76(81)60-53-46-38-33-28-25-24-26-31-36-43-50-57-70(4)5)68-93-97(85,86)91-64-73(80)65-92-98(87,88)94-69-75(67-90-77(82)61-54-47-42-41-45-52-59-72(7)10-3)96-79(84)63-56-49-40-35-30-23-20-19-21-27-32-37-44-51-58-71(6)9-2/h15-18,70-75,80H,8-14,19-69H2,1-7H3,(H,85,86)(H,87,88)/b16-15-,18-17-/t71?,72?,73-,74-,75-/m1/s1. The number of phosphoric ester groups is 2.